The highest BCUT2D eigenvalue weighted by atomic mass is 16.2. The van der Waals surface area contributed by atoms with Crippen molar-refractivity contribution in [2.45, 2.75) is 38.5 Å². The lowest BCUT2D eigenvalue weighted by Crippen LogP contribution is -2.26. The molecule has 2 aromatic rings. The number of anilines is 1. The molecule has 0 bridgehead atoms. The second kappa shape index (κ2) is 7.52. The van der Waals surface area contributed by atoms with Gasteiger partial charge in [0.25, 0.3) is 0 Å². The molecule has 0 atom stereocenters. The number of carbonyl (C=O) groups excluding carboxylic acids is 2. The largest absolute Gasteiger partial charge is 0.326 e. The Morgan fingerprint density at radius 1 is 1.08 bits per heavy atom. The fourth-order valence-electron chi connectivity index (χ4n) is 3.03. The van der Waals surface area contributed by atoms with E-state index in [2.05, 4.69) is 29.7 Å². The van der Waals surface area contributed by atoms with E-state index in [1.165, 1.54) is 0 Å². The molecule has 26 heavy (non-hydrogen) atoms. The maximum absolute atomic E-state index is 12.4. The van der Waals surface area contributed by atoms with Crippen LogP contribution in [-0.4, -0.2) is 17.5 Å². The molecule has 5 nitrogen and oxygen atoms in total. The molecule has 1 aliphatic heterocycles. The third kappa shape index (κ3) is 4.36. The summed E-state index contributed by atoms with van der Waals surface area (Å²) in [5, 5.41) is 7.04. The number of hydrazone groups is 1. The second-order valence-corrected chi connectivity index (χ2v) is 7.15. The van der Waals surface area contributed by atoms with Gasteiger partial charge in [-0.3, -0.25) is 9.59 Å². The van der Waals surface area contributed by atoms with Crippen LogP contribution in [0.25, 0.3) is 0 Å². The van der Waals surface area contributed by atoms with Crippen molar-refractivity contribution in [1.82, 2.24) is 5.43 Å². The lowest BCUT2D eigenvalue weighted by molar-refractivity contribution is -0.121. The number of nitrogens with zero attached hydrogens (tertiary/aromatic N) is 1. The number of hydrogen-bond donors (Lipinski definition) is 2. The van der Waals surface area contributed by atoms with Crippen molar-refractivity contribution < 1.29 is 9.59 Å². The molecule has 3 rings (SSSR count). The van der Waals surface area contributed by atoms with E-state index >= 15 is 0 Å². The summed E-state index contributed by atoms with van der Waals surface area (Å²) in [6.45, 7) is 4.14. The maximum Gasteiger partial charge on any atom is 0.240 e. The number of nitrogens with one attached hydrogen (secondary N) is 2. The SMILES string of the molecule is CC(C)(CC(=O)Nc1ccc(C2=NNC(=O)CC2)cc1)c1ccccc1. The first-order valence-electron chi connectivity index (χ1n) is 8.75. The molecule has 2 N–H and O–H groups in total. The predicted octanol–water partition coefficient (Wildman–Crippen LogP) is 3.61. The zero-order valence-corrected chi connectivity index (χ0v) is 15.1. The standard InChI is InChI=1S/C21H23N3O2/c1-21(2,16-6-4-3-5-7-16)14-20(26)22-17-10-8-15(9-11-17)18-12-13-19(25)24-23-18/h3-11H,12-14H2,1-2H3,(H,22,26)(H,24,25). The monoisotopic (exact) mass is 349 g/mol. The molecular weight excluding hydrogens is 326 g/mol. The van der Waals surface area contributed by atoms with Crippen molar-refractivity contribution >= 4 is 23.2 Å². The Labute approximate surface area is 153 Å². The van der Waals surface area contributed by atoms with Gasteiger partial charge in [-0.25, -0.2) is 5.43 Å². The Morgan fingerprint density at radius 3 is 2.38 bits per heavy atom. The van der Waals surface area contributed by atoms with Crippen LogP contribution >= 0.6 is 0 Å². The van der Waals surface area contributed by atoms with Crippen molar-refractivity contribution in [1.29, 1.82) is 0 Å². The Balaban J connectivity index is 1.62. The fraction of sp³-hybridized carbons (Fsp3) is 0.286. The third-order valence-corrected chi connectivity index (χ3v) is 4.56. The number of benzene rings is 2. The summed E-state index contributed by atoms with van der Waals surface area (Å²) >= 11 is 0. The van der Waals surface area contributed by atoms with Crippen LogP contribution < -0.4 is 10.7 Å². The van der Waals surface area contributed by atoms with Gasteiger partial charge in [-0.05, 0) is 28.7 Å². The first kappa shape index (κ1) is 17.9. The van der Waals surface area contributed by atoms with E-state index in [1.807, 2.05) is 54.6 Å². The van der Waals surface area contributed by atoms with Crippen molar-refractivity contribution in [3.8, 4) is 0 Å². The van der Waals surface area contributed by atoms with Crippen LogP contribution in [0.5, 0.6) is 0 Å². The molecule has 1 heterocycles. The lowest BCUT2D eigenvalue weighted by Gasteiger charge is -2.24. The lowest BCUT2D eigenvalue weighted by atomic mass is 9.81. The van der Waals surface area contributed by atoms with Crippen molar-refractivity contribution in [3.05, 3.63) is 65.7 Å². The van der Waals surface area contributed by atoms with Gasteiger partial charge in [-0.15, -0.1) is 0 Å². The maximum atomic E-state index is 12.4. The van der Waals surface area contributed by atoms with Crippen molar-refractivity contribution in [2.24, 2.45) is 5.10 Å². The molecule has 0 saturated heterocycles. The summed E-state index contributed by atoms with van der Waals surface area (Å²) in [5.74, 6) is -0.0764. The summed E-state index contributed by atoms with van der Waals surface area (Å²) in [7, 11) is 0. The molecule has 0 unspecified atom stereocenters. The quantitative estimate of drug-likeness (QED) is 0.866. The van der Waals surface area contributed by atoms with E-state index in [-0.39, 0.29) is 17.2 Å². The summed E-state index contributed by atoms with van der Waals surface area (Å²) in [5.41, 5.74) is 5.96. The number of amides is 2. The summed E-state index contributed by atoms with van der Waals surface area (Å²) in [6.07, 6.45) is 1.48. The Morgan fingerprint density at radius 2 is 1.77 bits per heavy atom. The third-order valence-electron chi connectivity index (χ3n) is 4.56. The molecule has 0 saturated carbocycles. The van der Waals surface area contributed by atoms with Gasteiger partial charge in [0.2, 0.25) is 11.8 Å². The molecule has 2 aromatic carbocycles. The number of rotatable bonds is 5. The minimum atomic E-state index is -0.236. The van der Waals surface area contributed by atoms with Gasteiger partial charge in [0.1, 0.15) is 0 Å². The Bertz CT molecular complexity index is 824. The van der Waals surface area contributed by atoms with Crippen LogP contribution in [0.15, 0.2) is 59.7 Å². The molecule has 5 heteroatoms. The van der Waals surface area contributed by atoms with E-state index in [0.717, 1.165) is 22.5 Å². The average molecular weight is 349 g/mol. The Hall–Kier alpha value is -2.95. The Kier molecular flexibility index (Phi) is 5.16. The molecule has 0 spiro atoms. The highest BCUT2D eigenvalue weighted by Crippen LogP contribution is 2.27. The normalized spacial score (nSPS) is 14.4. The minimum Gasteiger partial charge on any atom is -0.326 e. The van der Waals surface area contributed by atoms with Gasteiger partial charge in [-0.2, -0.15) is 5.10 Å². The van der Waals surface area contributed by atoms with Crippen LogP contribution in [0.3, 0.4) is 0 Å². The summed E-state index contributed by atoms with van der Waals surface area (Å²) in [6, 6.07) is 17.6. The fourth-order valence-corrected chi connectivity index (χ4v) is 3.03. The average Bonchev–Trinajstić information content (AvgIpc) is 2.63. The van der Waals surface area contributed by atoms with E-state index in [9.17, 15) is 9.59 Å². The molecule has 0 aromatic heterocycles. The number of carbonyl (C=O) groups is 2. The van der Waals surface area contributed by atoms with E-state index in [0.29, 0.717) is 19.3 Å². The highest BCUT2D eigenvalue weighted by molar-refractivity contribution is 6.04. The van der Waals surface area contributed by atoms with Gasteiger partial charge < -0.3 is 5.32 Å². The molecule has 0 aliphatic carbocycles. The van der Waals surface area contributed by atoms with Gasteiger partial charge in [0.15, 0.2) is 0 Å². The zero-order valence-electron chi connectivity index (χ0n) is 15.1. The van der Waals surface area contributed by atoms with Crippen LogP contribution in [-0.2, 0) is 15.0 Å². The molecule has 134 valence electrons. The molecule has 0 fully saturated rings. The van der Waals surface area contributed by atoms with E-state index < -0.39 is 0 Å². The van der Waals surface area contributed by atoms with Crippen molar-refractivity contribution in [3.63, 3.8) is 0 Å². The van der Waals surface area contributed by atoms with Crippen LogP contribution in [0.2, 0.25) is 0 Å². The smallest absolute Gasteiger partial charge is 0.240 e. The van der Waals surface area contributed by atoms with Crippen molar-refractivity contribution in [2.75, 3.05) is 5.32 Å². The number of hydrogen-bond acceptors (Lipinski definition) is 3. The molecular formula is C21H23N3O2. The predicted molar refractivity (Wildman–Crippen MR) is 103 cm³/mol. The van der Waals surface area contributed by atoms with Crippen LogP contribution in [0.4, 0.5) is 5.69 Å². The zero-order chi connectivity index (χ0) is 18.6. The van der Waals surface area contributed by atoms with Gasteiger partial charge in [0, 0.05) is 24.9 Å². The van der Waals surface area contributed by atoms with Crippen LogP contribution in [0.1, 0.15) is 44.2 Å². The van der Waals surface area contributed by atoms with E-state index in [4.69, 9.17) is 0 Å². The second-order valence-electron chi connectivity index (χ2n) is 7.15. The minimum absolute atomic E-state index is 0.0196. The van der Waals surface area contributed by atoms with Gasteiger partial charge in [-0.1, -0.05) is 56.3 Å². The first-order chi connectivity index (χ1) is 12.4. The molecule has 1 aliphatic rings. The topological polar surface area (TPSA) is 70.6 Å². The molecule has 2 amide bonds. The first-order valence-corrected chi connectivity index (χ1v) is 8.75. The van der Waals surface area contributed by atoms with Gasteiger partial charge >= 0.3 is 0 Å². The van der Waals surface area contributed by atoms with Crippen LogP contribution in [0, 0.1) is 0 Å². The van der Waals surface area contributed by atoms with E-state index in [1.54, 1.807) is 0 Å². The molecule has 0 radical (unpaired) electrons. The highest BCUT2D eigenvalue weighted by Gasteiger charge is 2.24. The summed E-state index contributed by atoms with van der Waals surface area (Å²) in [4.78, 5) is 23.6. The summed E-state index contributed by atoms with van der Waals surface area (Å²) < 4.78 is 0. The van der Waals surface area contributed by atoms with Gasteiger partial charge in [0.05, 0.1) is 5.71 Å².